The van der Waals surface area contributed by atoms with Crippen molar-refractivity contribution in [1.29, 1.82) is 0 Å². The number of rotatable bonds is 4. The molecular formula is C15H22NO3+. The minimum atomic E-state index is -0.558. The number of quaternary nitrogens is 1. The second-order valence-corrected chi connectivity index (χ2v) is 5.88. The highest BCUT2D eigenvalue weighted by Crippen LogP contribution is 2.27. The Labute approximate surface area is 114 Å². The molecule has 0 amide bonds. The van der Waals surface area contributed by atoms with Crippen molar-refractivity contribution in [3.63, 3.8) is 0 Å². The van der Waals surface area contributed by atoms with Gasteiger partial charge >= 0.3 is 5.97 Å². The summed E-state index contributed by atoms with van der Waals surface area (Å²) in [4.78, 5) is 12.1. The van der Waals surface area contributed by atoms with Crippen LogP contribution in [0.4, 0.5) is 0 Å². The third-order valence-corrected chi connectivity index (χ3v) is 3.21. The molecule has 0 fully saturated rings. The SMILES string of the molecule is C[N+](C)(C)CCOC(=O)C1OCCc2ccccc21. The fraction of sp³-hybridized carbons (Fsp3) is 0.533. The van der Waals surface area contributed by atoms with E-state index in [9.17, 15) is 4.79 Å². The molecule has 1 aromatic carbocycles. The molecule has 0 saturated carbocycles. The summed E-state index contributed by atoms with van der Waals surface area (Å²) >= 11 is 0. The summed E-state index contributed by atoms with van der Waals surface area (Å²) in [6.07, 6.45) is 0.302. The molecule has 4 heteroatoms. The molecule has 2 rings (SSSR count). The molecule has 1 heterocycles. The highest BCUT2D eigenvalue weighted by molar-refractivity contribution is 5.77. The van der Waals surface area contributed by atoms with Crippen LogP contribution < -0.4 is 0 Å². The van der Waals surface area contributed by atoms with E-state index >= 15 is 0 Å². The van der Waals surface area contributed by atoms with Crippen LogP contribution >= 0.6 is 0 Å². The van der Waals surface area contributed by atoms with Crippen molar-refractivity contribution in [1.82, 2.24) is 0 Å². The maximum atomic E-state index is 12.1. The van der Waals surface area contributed by atoms with Gasteiger partial charge in [0.1, 0.15) is 13.2 Å². The molecule has 1 aliphatic rings. The van der Waals surface area contributed by atoms with Gasteiger partial charge in [0.2, 0.25) is 0 Å². The van der Waals surface area contributed by atoms with Crippen molar-refractivity contribution >= 4 is 5.97 Å². The van der Waals surface area contributed by atoms with E-state index in [-0.39, 0.29) is 5.97 Å². The first kappa shape index (κ1) is 14.0. The molecule has 1 aromatic rings. The van der Waals surface area contributed by atoms with Crippen LogP contribution in [0, 0.1) is 0 Å². The fourth-order valence-corrected chi connectivity index (χ4v) is 2.08. The number of benzene rings is 1. The van der Waals surface area contributed by atoms with E-state index < -0.39 is 6.10 Å². The van der Waals surface area contributed by atoms with E-state index in [4.69, 9.17) is 9.47 Å². The summed E-state index contributed by atoms with van der Waals surface area (Å²) in [6.45, 7) is 1.79. The summed E-state index contributed by atoms with van der Waals surface area (Å²) in [5.74, 6) is -0.277. The lowest BCUT2D eigenvalue weighted by Crippen LogP contribution is -2.38. The fourth-order valence-electron chi connectivity index (χ4n) is 2.08. The van der Waals surface area contributed by atoms with E-state index in [1.54, 1.807) is 0 Å². The molecule has 104 valence electrons. The van der Waals surface area contributed by atoms with Gasteiger partial charge in [-0.2, -0.15) is 0 Å². The third kappa shape index (κ3) is 3.78. The first-order valence-corrected chi connectivity index (χ1v) is 6.64. The van der Waals surface area contributed by atoms with Gasteiger partial charge in [0.25, 0.3) is 0 Å². The lowest BCUT2D eigenvalue weighted by molar-refractivity contribution is -0.870. The zero-order valence-electron chi connectivity index (χ0n) is 11.9. The molecule has 1 aliphatic heterocycles. The third-order valence-electron chi connectivity index (χ3n) is 3.21. The van der Waals surface area contributed by atoms with Crippen LogP contribution in [0.2, 0.25) is 0 Å². The number of ether oxygens (including phenoxy) is 2. The average Bonchev–Trinajstić information content (AvgIpc) is 2.36. The van der Waals surface area contributed by atoms with Crippen LogP contribution in [0.3, 0.4) is 0 Å². The average molecular weight is 264 g/mol. The molecule has 1 unspecified atom stereocenters. The van der Waals surface area contributed by atoms with Gasteiger partial charge in [-0.15, -0.1) is 0 Å². The first-order chi connectivity index (χ1) is 8.97. The van der Waals surface area contributed by atoms with Gasteiger partial charge in [-0.3, -0.25) is 0 Å². The Hall–Kier alpha value is -1.39. The van der Waals surface area contributed by atoms with Crippen LogP contribution in [0.15, 0.2) is 24.3 Å². The molecule has 0 N–H and O–H groups in total. The lowest BCUT2D eigenvalue weighted by atomic mass is 9.98. The normalized spacial score (nSPS) is 18.8. The van der Waals surface area contributed by atoms with Gasteiger partial charge in [-0.1, -0.05) is 24.3 Å². The van der Waals surface area contributed by atoms with Crippen LogP contribution in [0.25, 0.3) is 0 Å². The summed E-state index contributed by atoms with van der Waals surface area (Å²) < 4.78 is 11.7. The Kier molecular flexibility index (Phi) is 4.22. The molecule has 0 radical (unpaired) electrons. The van der Waals surface area contributed by atoms with E-state index in [1.165, 1.54) is 5.56 Å². The molecular weight excluding hydrogens is 242 g/mol. The van der Waals surface area contributed by atoms with Crippen molar-refractivity contribution < 1.29 is 18.8 Å². The smallest absolute Gasteiger partial charge is 0.340 e. The number of carbonyl (C=O) groups excluding carboxylic acids is 1. The predicted molar refractivity (Wildman–Crippen MR) is 72.7 cm³/mol. The van der Waals surface area contributed by atoms with Crippen molar-refractivity contribution in [3.8, 4) is 0 Å². The van der Waals surface area contributed by atoms with E-state index in [2.05, 4.69) is 21.1 Å². The van der Waals surface area contributed by atoms with E-state index in [1.807, 2.05) is 24.3 Å². The number of likely N-dealkylation sites (N-methyl/N-ethyl adjacent to an activating group) is 1. The van der Waals surface area contributed by atoms with Crippen LogP contribution in [0.1, 0.15) is 17.2 Å². The van der Waals surface area contributed by atoms with E-state index in [0.29, 0.717) is 13.2 Å². The Morgan fingerprint density at radius 3 is 2.84 bits per heavy atom. The predicted octanol–water partition coefficient (Wildman–Crippen LogP) is 1.55. The van der Waals surface area contributed by atoms with Gasteiger partial charge in [-0.25, -0.2) is 4.79 Å². The number of nitrogens with zero attached hydrogens (tertiary/aromatic N) is 1. The number of hydrogen-bond donors (Lipinski definition) is 0. The molecule has 19 heavy (non-hydrogen) atoms. The van der Waals surface area contributed by atoms with Gasteiger partial charge in [-0.05, 0) is 17.5 Å². The van der Waals surface area contributed by atoms with Crippen LogP contribution in [0.5, 0.6) is 0 Å². The Morgan fingerprint density at radius 2 is 2.11 bits per heavy atom. The number of fused-ring (bicyclic) bond motifs is 1. The molecule has 1 atom stereocenters. The Bertz CT molecular complexity index is 451. The van der Waals surface area contributed by atoms with Gasteiger partial charge in [0, 0.05) is 0 Å². The minimum absolute atomic E-state index is 0.277. The summed E-state index contributed by atoms with van der Waals surface area (Å²) in [5, 5.41) is 0. The quantitative estimate of drug-likeness (QED) is 0.611. The number of esters is 1. The summed E-state index contributed by atoms with van der Waals surface area (Å²) in [7, 11) is 6.21. The zero-order valence-corrected chi connectivity index (χ0v) is 11.9. The van der Waals surface area contributed by atoms with Crippen molar-refractivity contribution in [2.45, 2.75) is 12.5 Å². The van der Waals surface area contributed by atoms with Crippen molar-refractivity contribution in [2.75, 3.05) is 40.9 Å². The molecule has 0 spiro atoms. The molecule has 0 aliphatic carbocycles. The summed E-state index contributed by atoms with van der Waals surface area (Å²) in [6, 6.07) is 7.91. The van der Waals surface area contributed by atoms with Crippen molar-refractivity contribution in [3.05, 3.63) is 35.4 Å². The minimum Gasteiger partial charge on any atom is -0.458 e. The molecule has 0 aromatic heterocycles. The van der Waals surface area contributed by atoms with Crippen LogP contribution in [-0.4, -0.2) is 51.4 Å². The zero-order chi connectivity index (χ0) is 13.9. The van der Waals surface area contributed by atoms with E-state index in [0.717, 1.165) is 23.0 Å². The largest absolute Gasteiger partial charge is 0.458 e. The highest BCUT2D eigenvalue weighted by Gasteiger charge is 2.28. The number of carbonyl (C=O) groups is 1. The lowest BCUT2D eigenvalue weighted by Gasteiger charge is -2.26. The van der Waals surface area contributed by atoms with Crippen molar-refractivity contribution in [2.24, 2.45) is 0 Å². The second-order valence-electron chi connectivity index (χ2n) is 5.88. The monoisotopic (exact) mass is 264 g/mol. The highest BCUT2D eigenvalue weighted by atomic mass is 16.6. The Balaban J connectivity index is 1.97. The maximum Gasteiger partial charge on any atom is 0.340 e. The van der Waals surface area contributed by atoms with Gasteiger partial charge in [0.05, 0.1) is 27.7 Å². The second kappa shape index (κ2) is 5.72. The molecule has 4 nitrogen and oxygen atoms in total. The molecule has 0 saturated heterocycles. The van der Waals surface area contributed by atoms with Gasteiger partial charge in [0.15, 0.2) is 6.10 Å². The summed E-state index contributed by atoms with van der Waals surface area (Å²) in [5.41, 5.74) is 2.13. The van der Waals surface area contributed by atoms with Gasteiger partial charge < -0.3 is 14.0 Å². The standard InChI is InChI=1S/C15H22NO3/c1-16(2,3)9-11-19-15(17)14-13-7-5-4-6-12(13)8-10-18-14/h4-7,14H,8-11H2,1-3H3/q+1. The topological polar surface area (TPSA) is 35.5 Å². The Morgan fingerprint density at radius 1 is 1.37 bits per heavy atom. The number of hydrogen-bond acceptors (Lipinski definition) is 3. The molecule has 0 bridgehead atoms. The first-order valence-electron chi connectivity index (χ1n) is 6.64. The maximum absolute atomic E-state index is 12.1. The van der Waals surface area contributed by atoms with Crippen LogP contribution in [-0.2, 0) is 20.7 Å².